The molecule has 1 aliphatic heterocycles. The molecule has 0 aliphatic carbocycles. The van der Waals surface area contributed by atoms with Gasteiger partial charge in [-0.15, -0.1) is 5.10 Å². The van der Waals surface area contributed by atoms with Crippen molar-refractivity contribution in [1.82, 2.24) is 19.7 Å². The Bertz CT molecular complexity index is 593. The van der Waals surface area contributed by atoms with Crippen LogP contribution in [0.2, 0.25) is 0 Å². The van der Waals surface area contributed by atoms with Crippen molar-refractivity contribution >= 4 is 17.7 Å². The van der Waals surface area contributed by atoms with Gasteiger partial charge in [0.2, 0.25) is 11.1 Å². The molecule has 0 atom stereocenters. The quantitative estimate of drug-likeness (QED) is 0.814. The van der Waals surface area contributed by atoms with Gasteiger partial charge in [0.05, 0.1) is 11.4 Å². The number of carbonyl (C=O) groups excluding carboxylic acids is 1. The summed E-state index contributed by atoms with van der Waals surface area (Å²) in [6, 6.07) is 9.84. The van der Waals surface area contributed by atoms with Crippen LogP contribution in [-0.4, -0.2) is 44.4 Å². The van der Waals surface area contributed by atoms with Crippen LogP contribution in [-0.2, 0) is 4.79 Å². The lowest BCUT2D eigenvalue weighted by atomic mass is 10.1. The fourth-order valence-corrected chi connectivity index (χ4v) is 3.08. The summed E-state index contributed by atoms with van der Waals surface area (Å²) in [7, 11) is 0. The van der Waals surface area contributed by atoms with Crippen molar-refractivity contribution in [2.24, 2.45) is 0 Å². The molecule has 1 aromatic heterocycles. The number of carbonyl (C=O) groups is 1. The van der Waals surface area contributed by atoms with Crippen LogP contribution in [0.3, 0.4) is 0 Å². The summed E-state index contributed by atoms with van der Waals surface area (Å²) in [6.07, 6.45) is 5.16. The summed E-state index contributed by atoms with van der Waals surface area (Å²) in [6.45, 7) is 1.79. The molecule has 1 amide bonds. The largest absolute Gasteiger partial charge is 0.342 e. The Labute approximate surface area is 128 Å². The van der Waals surface area contributed by atoms with Gasteiger partial charge in [0, 0.05) is 13.1 Å². The number of piperidine rings is 1. The molecule has 0 unspecified atom stereocenters. The molecule has 6 heteroatoms. The van der Waals surface area contributed by atoms with E-state index in [2.05, 4.69) is 10.1 Å². The number of para-hydroxylation sites is 1. The number of benzene rings is 1. The molecule has 0 spiro atoms. The van der Waals surface area contributed by atoms with Gasteiger partial charge in [-0.1, -0.05) is 30.0 Å². The number of aromatic nitrogens is 3. The maximum Gasteiger partial charge on any atom is 0.233 e. The molecule has 5 nitrogen and oxygen atoms in total. The highest BCUT2D eigenvalue weighted by Crippen LogP contribution is 2.16. The second kappa shape index (κ2) is 6.76. The maximum absolute atomic E-state index is 12.1. The minimum Gasteiger partial charge on any atom is -0.342 e. The van der Waals surface area contributed by atoms with Gasteiger partial charge in [0.25, 0.3) is 0 Å². The van der Waals surface area contributed by atoms with E-state index in [0.717, 1.165) is 31.6 Å². The number of amides is 1. The third-order valence-electron chi connectivity index (χ3n) is 3.53. The van der Waals surface area contributed by atoms with Gasteiger partial charge in [-0.3, -0.25) is 4.79 Å². The predicted octanol–water partition coefficient (Wildman–Crippen LogP) is 2.37. The van der Waals surface area contributed by atoms with E-state index in [1.807, 2.05) is 35.2 Å². The average Bonchev–Trinajstić information content (AvgIpc) is 3.03. The van der Waals surface area contributed by atoms with Crippen molar-refractivity contribution in [3.05, 3.63) is 36.7 Å². The van der Waals surface area contributed by atoms with E-state index >= 15 is 0 Å². The van der Waals surface area contributed by atoms with E-state index in [1.54, 1.807) is 11.0 Å². The summed E-state index contributed by atoms with van der Waals surface area (Å²) in [4.78, 5) is 18.3. The summed E-state index contributed by atoms with van der Waals surface area (Å²) < 4.78 is 1.73. The second-order valence-electron chi connectivity index (χ2n) is 5.04. The van der Waals surface area contributed by atoms with Crippen molar-refractivity contribution in [2.45, 2.75) is 24.4 Å². The van der Waals surface area contributed by atoms with E-state index < -0.39 is 0 Å². The molecule has 0 radical (unpaired) electrons. The summed E-state index contributed by atoms with van der Waals surface area (Å²) >= 11 is 1.40. The van der Waals surface area contributed by atoms with Crippen LogP contribution >= 0.6 is 11.8 Å². The van der Waals surface area contributed by atoms with Crippen molar-refractivity contribution in [3.63, 3.8) is 0 Å². The van der Waals surface area contributed by atoms with Crippen molar-refractivity contribution in [2.75, 3.05) is 18.8 Å². The monoisotopic (exact) mass is 302 g/mol. The second-order valence-corrected chi connectivity index (χ2v) is 5.98. The van der Waals surface area contributed by atoms with Gasteiger partial charge in [-0.25, -0.2) is 9.67 Å². The smallest absolute Gasteiger partial charge is 0.233 e. The molecule has 1 aliphatic rings. The van der Waals surface area contributed by atoms with E-state index in [9.17, 15) is 4.79 Å². The Balaban J connectivity index is 1.56. The van der Waals surface area contributed by atoms with Crippen molar-refractivity contribution in [1.29, 1.82) is 0 Å². The van der Waals surface area contributed by atoms with Gasteiger partial charge in [0.15, 0.2) is 0 Å². The minimum absolute atomic E-state index is 0.191. The van der Waals surface area contributed by atoms with E-state index in [1.165, 1.54) is 18.2 Å². The fourth-order valence-electron chi connectivity index (χ4n) is 2.38. The number of likely N-dealkylation sites (tertiary alicyclic amines) is 1. The van der Waals surface area contributed by atoms with E-state index in [4.69, 9.17) is 0 Å². The molecule has 2 aromatic rings. The molecule has 1 fully saturated rings. The zero-order chi connectivity index (χ0) is 14.5. The number of thioether (sulfide) groups is 1. The fraction of sp³-hybridized carbons (Fsp3) is 0.400. The number of hydrogen-bond acceptors (Lipinski definition) is 4. The SMILES string of the molecule is O=C(CSc1ncn(-c2ccccc2)n1)N1CCCCC1. The van der Waals surface area contributed by atoms with Crippen LogP contribution in [0.5, 0.6) is 0 Å². The number of hydrogen-bond donors (Lipinski definition) is 0. The Morgan fingerprint density at radius 3 is 2.67 bits per heavy atom. The Hall–Kier alpha value is -1.82. The Morgan fingerprint density at radius 1 is 1.14 bits per heavy atom. The highest BCUT2D eigenvalue weighted by atomic mass is 32.2. The molecule has 0 saturated carbocycles. The predicted molar refractivity (Wildman–Crippen MR) is 82.5 cm³/mol. The van der Waals surface area contributed by atoms with E-state index in [0.29, 0.717) is 10.9 Å². The Kier molecular flexibility index (Phi) is 4.55. The lowest BCUT2D eigenvalue weighted by Crippen LogP contribution is -2.36. The third kappa shape index (κ3) is 3.64. The van der Waals surface area contributed by atoms with Gasteiger partial charge in [0.1, 0.15) is 6.33 Å². The van der Waals surface area contributed by atoms with Crippen LogP contribution in [0.25, 0.3) is 5.69 Å². The molecular weight excluding hydrogens is 284 g/mol. The van der Waals surface area contributed by atoms with Gasteiger partial charge in [-0.2, -0.15) is 0 Å². The number of rotatable bonds is 4. The third-order valence-corrected chi connectivity index (χ3v) is 4.36. The summed E-state index contributed by atoms with van der Waals surface area (Å²) in [5.74, 6) is 0.606. The van der Waals surface area contributed by atoms with Gasteiger partial charge < -0.3 is 4.90 Å². The lowest BCUT2D eigenvalue weighted by Gasteiger charge is -2.26. The zero-order valence-electron chi connectivity index (χ0n) is 11.8. The van der Waals surface area contributed by atoms with Gasteiger partial charge in [-0.05, 0) is 31.4 Å². The molecule has 0 N–H and O–H groups in total. The van der Waals surface area contributed by atoms with Gasteiger partial charge >= 0.3 is 0 Å². The van der Waals surface area contributed by atoms with Crippen LogP contribution < -0.4 is 0 Å². The van der Waals surface area contributed by atoms with Crippen LogP contribution in [0.1, 0.15) is 19.3 Å². The molecule has 2 heterocycles. The molecule has 1 saturated heterocycles. The van der Waals surface area contributed by atoms with Crippen LogP contribution in [0.15, 0.2) is 41.8 Å². The lowest BCUT2D eigenvalue weighted by molar-refractivity contribution is -0.129. The normalized spacial score (nSPS) is 15.1. The maximum atomic E-state index is 12.1. The Morgan fingerprint density at radius 2 is 1.90 bits per heavy atom. The molecule has 21 heavy (non-hydrogen) atoms. The molecule has 3 rings (SSSR count). The molecule has 110 valence electrons. The average molecular weight is 302 g/mol. The molecular formula is C15H18N4OS. The zero-order valence-corrected chi connectivity index (χ0v) is 12.6. The van der Waals surface area contributed by atoms with Crippen LogP contribution in [0.4, 0.5) is 0 Å². The molecule has 0 bridgehead atoms. The highest BCUT2D eigenvalue weighted by Gasteiger charge is 2.17. The molecule has 1 aromatic carbocycles. The van der Waals surface area contributed by atoms with Crippen LogP contribution in [0, 0.1) is 0 Å². The first-order valence-electron chi connectivity index (χ1n) is 7.20. The summed E-state index contributed by atoms with van der Waals surface area (Å²) in [5, 5.41) is 5.04. The highest BCUT2D eigenvalue weighted by molar-refractivity contribution is 7.99. The first kappa shape index (κ1) is 14.1. The topological polar surface area (TPSA) is 51.0 Å². The standard InChI is InChI=1S/C15H18N4OS/c20-14(18-9-5-2-6-10-18)11-21-15-16-12-19(17-15)13-7-3-1-4-8-13/h1,3-4,7-8,12H,2,5-6,9-11H2. The first-order valence-corrected chi connectivity index (χ1v) is 8.19. The summed E-state index contributed by atoms with van der Waals surface area (Å²) in [5.41, 5.74) is 0.971. The van der Waals surface area contributed by atoms with Crippen molar-refractivity contribution < 1.29 is 4.79 Å². The number of nitrogens with zero attached hydrogens (tertiary/aromatic N) is 4. The van der Waals surface area contributed by atoms with E-state index in [-0.39, 0.29) is 5.91 Å². The van der Waals surface area contributed by atoms with Crippen molar-refractivity contribution in [3.8, 4) is 5.69 Å². The first-order chi connectivity index (χ1) is 10.3. The minimum atomic E-state index is 0.191.